The fourth-order valence-corrected chi connectivity index (χ4v) is 3.32. The van der Waals surface area contributed by atoms with Crippen LogP contribution < -0.4 is 9.64 Å². The minimum absolute atomic E-state index is 0.190. The number of likely N-dealkylation sites (tertiary alicyclic amines) is 1. The van der Waals surface area contributed by atoms with E-state index in [1.165, 1.54) is 0 Å². The Hall–Kier alpha value is -1.91. The van der Waals surface area contributed by atoms with Gasteiger partial charge in [-0.15, -0.1) is 0 Å². The van der Waals surface area contributed by atoms with E-state index < -0.39 is 5.60 Å². The van der Waals surface area contributed by atoms with E-state index in [4.69, 9.17) is 9.47 Å². The number of ether oxygens (including phenoxy) is 2. The molecule has 0 aromatic heterocycles. The van der Waals surface area contributed by atoms with E-state index >= 15 is 0 Å². The molecule has 2 aliphatic heterocycles. The van der Waals surface area contributed by atoms with E-state index in [2.05, 4.69) is 17.0 Å². The van der Waals surface area contributed by atoms with Crippen LogP contribution in [-0.4, -0.2) is 48.9 Å². The monoisotopic (exact) mass is 304 g/mol. The van der Waals surface area contributed by atoms with Gasteiger partial charge in [-0.05, 0) is 39.3 Å². The Labute approximate surface area is 131 Å². The molecule has 2 atom stereocenters. The molecule has 5 nitrogen and oxygen atoms in total. The first-order chi connectivity index (χ1) is 10.4. The van der Waals surface area contributed by atoms with Gasteiger partial charge in [0.05, 0.1) is 13.2 Å². The third-order valence-electron chi connectivity index (χ3n) is 4.25. The maximum atomic E-state index is 12.3. The molecule has 0 spiro atoms. The summed E-state index contributed by atoms with van der Waals surface area (Å²) in [4.78, 5) is 16.5. The van der Waals surface area contributed by atoms with Crippen molar-refractivity contribution in [1.29, 1.82) is 0 Å². The average molecular weight is 304 g/mol. The molecule has 1 amide bonds. The normalized spacial score (nSPS) is 23.8. The molecule has 0 N–H and O–H groups in total. The summed E-state index contributed by atoms with van der Waals surface area (Å²) in [5.41, 5.74) is 0.724. The Morgan fingerprint density at radius 2 is 2.00 bits per heavy atom. The van der Waals surface area contributed by atoms with E-state index in [-0.39, 0.29) is 12.1 Å². The summed E-state index contributed by atoms with van der Waals surface area (Å²) in [6, 6.07) is 8.71. The van der Waals surface area contributed by atoms with Crippen molar-refractivity contribution in [3.8, 4) is 5.75 Å². The quantitative estimate of drug-likeness (QED) is 0.842. The number of hydrogen-bond donors (Lipinski definition) is 0. The van der Waals surface area contributed by atoms with Crippen LogP contribution in [0, 0.1) is 0 Å². The van der Waals surface area contributed by atoms with Crippen LogP contribution in [0.15, 0.2) is 24.3 Å². The largest absolute Gasteiger partial charge is 0.497 e. The van der Waals surface area contributed by atoms with Crippen LogP contribution in [0.1, 0.15) is 27.2 Å². The lowest BCUT2D eigenvalue weighted by Crippen LogP contribution is -2.50. The Kier molecular flexibility index (Phi) is 3.67. The lowest BCUT2D eigenvalue weighted by molar-refractivity contribution is 0.0214. The Morgan fingerprint density at radius 1 is 1.23 bits per heavy atom. The van der Waals surface area contributed by atoms with Gasteiger partial charge in [0, 0.05) is 30.9 Å². The van der Waals surface area contributed by atoms with Gasteiger partial charge < -0.3 is 19.3 Å². The molecule has 2 aliphatic rings. The molecule has 2 saturated heterocycles. The predicted molar refractivity (Wildman–Crippen MR) is 85.5 cm³/mol. The maximum Gasteiger partial charge on any atom is 0.410 e. The summed E-state index contributed by atoms with van der Waals surface area (Å²) in [6.45, 7) is 7.30. The molecule has 1 aromatic rings. The number of amides is 1. The summed E-state index contributed by atoms with van der Waals surface area (Å²) in [7, 11) is 1.68. The van der Waals surface area contributed by atoms with E-state index in [9.17, 15) is 4.79 Å². The smallest absolute Gasteiger partial charge is 0.410 e. The van der Waals surface area contributed by atoms with E-state index in [0.717, 1.165) is 30.9 Å². The molecule has 2 fully saturated rings. The first kappa shape index (κ1) is 15.0. The lowest BCUT2D eigenvalue weighted by atomic mass is 10.2. The van der Waals surface area contributed by atoms with Crippen LogP contribution in [0.25, 0.3) is 0 Å². The second-order valence-electron chi connectivity index (χ2n) is 7.03. The second kappa shape index (κ2) is 5.38. The van der Waals surface area contributed by atoms with Crippen LogP contribution in [0.3, 0.4) is 0 Å². The SMILES string of the molecule is COc1cccc(N2CC3CC2CN3C(=O)OC(C)(C)C)c1. The summed E-state index contributed by atoms with van der Waals surface area (Å²) in [5.74, 6) is 0.865. The Bertz CT molecular complexity index is 567. The number of fused-ring (bicyclic) bond motifs is 2. The number of piperazine rings is 1. The fraction of sp³-hybridized carbons (Fsp3) is 0.588. The van der Waals surface area contributed by atoms with Crippen molar-refractivity contribution in [3.63, 3.8) is 0 Å². The molecule has 22 heavy (non-hydrogen) atoms. The van der Waals surface area contributed by atoms with Gasteiger partial charge >= 0.3 is 6.09 Å². The highest BCUT2D eigenvalue weighted by molar-refractivity contribution is 5.70. The van der Waals surface area contributed by atoms with Gasteiger partial charge in [0.2, 0.25) is 0 Å². The van der Waals surface area contributed by atoms with Gasteiger partial charge in [0.1, 0.15) is 11.4 Å². The highest BCUT2D eigenvalue weighted by Gasteiger charge is 2.46. The molecule has 2 unspecified atom stereocenters. The molecule has 120 valence electrons. The minimum atomic E-state index is -0.439. The van der Waals surface area contributed by atoms with Crippen molar-refractivity contribution in [1.82, 2.24) is 4.90 Å². The minimum Gasteiger partial charge on any atom is -0.497 e. The molecule has 2 heterocycles. The zero-order chi connectivity index (χ0) is 15.9. The van der Waals surface area contributed by atoms with Crippen LogP contribution in [0.4, 0.5) is 10.5 Å². The van der Waals surface area contributed by atoms with Crippen molar-refractivity contribution < 1.29 is 14.3 Å². The molecule has 3 rings (SSSR count). The molecule has 5 heteroatoms. The van der Waals surface area contributed by atoms with Crippen LogP contribution in [0.5, 0.6) is 5.75 Å². The second-order valence-corrected chi connectivity index (χ2v) is 7.03. The number of rotatable bonds is 2. The number of nitrogens with zero attached hydrogens (tertiary/aromatic N) is 2. The standard InChI is InChI=1S/C17H24N2O3/c1-17(2,3)22-16(20)19-11-13-8-14(19)10-18(13)12-6-5-7-15(9-12)21-4/h5-7,9,13-14H,8,10-11H2,1-4H3. The zero-order valence-corrected chi connectivity index (χ0v) is 13.7. The van der Waals surface area contributed by atoms with Gasteiger partial charge in [-0.3, -0.25) is 0 Å². The number of carbonyl (C=O) groups is 1. The number of carbonyl (C=O) groups excluding carboxylic acids is 1. The molecule has 0 saturated carbocycles. The molecule has 1 aromatic carbocycles. The fourth-order valence-electron chi connectivity index (χ4n) is 3.32. The number of hydrogen-bond acceptors (Lipinski definition) is 4. The van der Waals surface area contributed by atoms with Crippen molar-refractivity contribution in [2.45, 2.75) is 44.9 Å². The van der Waals surface area contributed by atoms with Gasteiger partial charge in [-0.25, -0.2) is 4.79 Å². The van der Waals surface area contributed by atoms with Crippen LogP contribution >= 0.6 is 0 Å². The number of methoxy groups -OCH3 is 1. The molecule has 0 aliphatic carbocycles. The van der Waals surface area contributed by atoms with E-state index in [1.807, 2.05) is 37.8 Å². The Morgan fingerprint density at radius 3 is 2.59 bits per heavy atom. The highest BCUT2D eigenvalue weighted by Crippen LogP contribution is 2.36. The van der Waals surface area contributed by atoms with Gasteiger partial charge in [0.15, 0.2) is 0 Å². The maximum absolute atomic E-state index is 12.3. The number of anilines is 1. The first-order valence-electron chi connectivity index (χ1n) is 7.78. The molecular formula is C17H24N2O3. The van der Waals surface area contributed by atoms with Crippen LogP contribution in [0.2, 0.25) is 0 Å². The average Bonchev–Trinajstić information content (AvgIpc) is 3.05. The highest BCUT2D eigenvalue weighted by atomic mass is 16.6. The number of benzene rings is 1. The molecule has 2 bridgehead atoms. The summed E-state index contributed by atoms with van der Waals surface area (Å²) in [6.07, 6.45) is 0.821. The Balaban J connectivity index is 1.68. The van der Waals surface area contributed by atoms with Crippen molar-refractivity contribution in [2.75, 3.05) is 25.1 Å². The summed E-state index contributed by atoms with van der Waals surface area (Å²) in [5, 5.41) is 0. The van der Waals surface area contributed by atoms with Crippen molar-refractivity contribution in [3.05, 3.63) is 24.3 Å². The third-order valence-corrected chi connectivity index (χ3v) is 4.25. The molecule has 0 radical (unpaired) electrons. The van der Waals surface area contributed by atoms with Gasteiger partial charge in [0.25, 0.3) is 0 Å². The first-order valence-corrected chi connectivity index (χ1v) is 7.78. The van der Waals surface area contributed by atoms with E-state index in [0.29, 0.717) is 6.04 Å². The topological polar surface area (TPSA) is 42.0 Å². The zero-order valence-electron chi connectivity index (χ0n) is 13.7. The van der Waals surface area contributed by atoms with Crippen molar-refractivity contribution in [2.24, 2.45) is 0 Å². The van der Waals surface area contributed by atoms with Crippen LogP contribution in [-0.2, 0) is 4.74 Å². The molecular weight excluding hydrogens is 280 g/mol. The lowest BCUT2D eigenvalue weighted by Gasteiger charge is -2.36. The third kappa shape index (κ3) is 2.85. The summed E-state index contributed by atoms with van der Waals surface area (Å²) < 4.78 is 10.8. The van der Waals surface area contributed by atoms with Gasteiger partial charge in [-0.1, -0.05) is 6.07 Å². The predicted octanol–water partition coefficient (Wildman–Crippen LogP) is 2.89. The van der Waals surface area contributed by atoms with Crippen molar-refractivity contribution >= 4 is 11.8 Å². The van der Waals surface area contributed by atoms with Gasteiger partial charge in [-0.2, -0.15) is 0 Å². The summed E-state index contributed by atoms with van der Waals surface area (Å²) >= 11 is 0. The van der Waals surface area contributed by atoms with E-state index in [1.54, 1.807) is 7.11 Å².